The first-order chi connectivity index (χ1) is 6.70. The number of hydrogen-bond donors (Lipinski definition) is 1. The zero-order valence-electron chi connectivity index (χ0n) is 8.73. The van der Waals surface area contributed by atoms with Crippen LogP contribution in [0.5, 0.6) is 0 Å². The van der Waals surface area contributed by atoms with Gasteiger partial charge in [0.05, 0.1) is 18.6 Å². The van der Waals surface area contributed by atoms with E-state index in [0.717, 1.165) is 6.42 Å². The summed E-state index contributed by atoms with van der Waals surface area (Å²) in [5.74, 6) is -0.167. The second-order valence-corrected chi connectivity index (χ2v) is 3.61. The smallest absolute Gasteiger partial charge is 0.309 e. The Morgan fingerprint density at radius 1 is 1.64 bits per heavy atom. The van der Waals surface area contributed by atoms with Gasteiger partial charge in [0.1, 0.15) is 0 Å². The van der Waals surface area contributed by atoms with Crippen LogP contribution in [0.1, 0.15) is 19.8 Å². The number of aliphatic hydroxyl groups excluding tert-OH is 1. The van der Waals surface area contributed by atoms with Gasteiger partial charge >= 0.3 is 5.97 Å². The van der Waals surface area contributed by atoms with Crippen molar-refractivity contribution in [1.82, 2.24) is 0 Å². The molecule has 1 saturated carbocycles. The second-order valence-electron chi connectivity index (χ2n) is 3.61. The summed E-state index contributed by atoms with van der Waals surface area (Å²) < 4.78 is 9.73. The van der Waals surface area contributed by atoms with Gasteiger partial charge in [-0.1, -0.05) is 0 Å². The Kier molecular flexibility index (Phi) is 4.35. The summed E-state index contributed by atoms with van der Waals surface area (Å²) >= 11 is 0. The Labute approximate surface area is 84.2 Å². The van der Waals surface area contributed by atoms with E-state index < -0.39 is 6.10 Å². The van der Waals surface area contributed by atoms with Crippen molar-refractivity contribution in [3.8, 4) is 0 Å². The summed E-state index contributed by atoms with van der Waals surface area (Å²) in [5, 5.41) is 9.62. The predicted octanol–water partition coefficient (Wildman–Crippen LogP) is 0.583. The molecular formula is C10H18O4. The molecule has 4 heteroatoms. The molecule has 14 heavy (non-hydrogen) atoms. The molecule has 0 aliphatic heterocycles. The number of rotatable bonds is 6. The van der Waals surface area contributed by atoms with Crippen LogP contribution in [0, 0.1) is 11.8 Å². The Hall–Kier alpha value is -0.610. The molecule has 4 nitrogen and oxygen atoms in total. The summed E-state index contributed by atoms with van der Waals surface area (Å²) in [7, 11) is 1.60. The van der Waals surface area contributed by atoms with E-state index in [9.17, 15) is 9.90 Å². The maximum Gasteiger partial charge on any atom is 0.309 e. The highest BCUT2D eigenvalue weighted by Crippen LogP contribution is 2.43. The number of carbonyl (C=O) groups excluding carboxylic acids is 1. The SMILES string of the molecule is CCOC(=O)[C@@H]1C[C@H]1C(O)CCOC. The van der Waals surface area contributed by atoms with E-state index in [4.69, 9.17) is 9.47 Å². The Morgan fingerprint density at radius 2 is 2.36 bits per heavy atom. The minimum atomic E-state index is -0.427. The first kappa shape index (κ1) is 11.5. The summed E-state index contributed by atoms with van der Waals surface area (Å²) in [5.41, 5.74) is 0. The second kappa shape index (κ2) is 5.32. The van der Waals surface area contributed by atoms with Crippen LogP contribution in [0.2, 0.25) is 0 Å². The number of ether oxygens (including phenoxy) is 2. The Bertz CT molecular complexity index is 193. The van der Waals surface area contributed by atoms with Gasteiger partial charge in [0.15, 0.2) is 0 Å². The first-order valence-corrected chi connectivity index (χ1v) is 5.04. The maximum absolute atomic E-state index is 11.2. The molecule has 1 rings (SSSR count). The molecule has 1 fully saturated rings. The summed E-state index contributed by atoms with van der Waals surface area (Å²) in [6.45, 7) is 2.74. The average molecular weight is 202 g/mol. The molecular weight excluding hydrogens is 184 g/mol. The van der Waals surface area contributed by atoms with Crippen LogP contribution in [0.15, 0.2) is 0 Å². The molecule has 0 radical (unpaired) electrons. The number of hydrogen-bond acceptors (Lipinski definition) is 4. The third-order valence-corrected chi connectivity index (χ3v) is 2.54. The summed E-state index contributed by atoms with van der Waals surface area (Å²) in [4.78, 5) is 11.2. The zero-order chi connectivity index (χ0) is 10.6. The molecule has 0 bridgehead atoms. The molecule has 0 saturated heterocycles. The van der Waals surface area contributed by atoms with E-state index in [1.807, 2.05) is 0 Å². The first-order valence-electron chi connectivity index (χ1n) is 5.04. The summed E-state index contributed by atoms with van der Waals surface area (Å²) in [6, 6.07) is 0. The van der Waals surface area contributed by atoms with Gasteiger partial charge in [-0.05, 0) is 25.7 Å². The largest absolute Gasteiger partial charge is 0.466 e. The van der Waals surface area contributed by atoms with E-state index in [-0.39, 0.29) is 17.8 Å². The fourth-order valence-corrected chi connectivity index (χ4v) is 1.61. The number of carbonyl (C=O) groups is 1. The van der Waals surface area contributed by atoms with Crippen LogP contribution in [0.25, 0.3) is 0 Å². The van der Waals surface area contributed by atoms with Gasteiger partial charge in [-0.25, -0.2) is 0 Å². The Morgan fingerprint density at radius 3 is 2.93 bits per heavy atom. The third-order valence-electron chi connectivity index (χ3n) is 2.54. The molecule has 0 spiro atoms. The van der Waals surface area contributed by atoms with Crippen LogP contribution in [-0.2, 0) is 14.3 Å². The number of esters is 1. The highest BCUT2D eigenvalue weighted by atomic mass is 16.5. The van der Waals surface area contributed by atoms with Crippen LogP contribution in [0.4, 0.5) is 0 Å². The maximum atomic E-state index is 11.2. The molecule has 1 N–H and O–H groups in total. The molecule has 0 aromatic carbocycles. The van der Waals surface area contributed by atoms with E-state index >= 15 is 0 Å². The normalized spacial score (nSPS) is 27.1. The Balaban J connectivity index is 2.20. The lowest BCUT2D eigenvalue weighted by Gasteiger charge is -2.08. The van der Waals surface area contributed by atoms with Gasteiger partial charge in [0.2, 0.25) is 0 Å². The van der Waals surface area contributed by atoms with Crippen molar-refractivity contribution in [2.24, 2.45) is 11.8 Å². The van der Waals surface area contributed by atoms with Crippen molar-refractivity contribution in [3.05, 3.63) is 0 Å². The van der Waals surface area contributed by atoms with Crippen molar-refractivity contribution in [1.29, 1.82) is 0 Å². The van der Waals surface area contributed by atoms with Gasteiger partial charge < -0.3 is 14.6 Å². The molecule has 0 aromatic rings. The van der Waals surface area contributed by atoms with Crippen LogP contribution in [-0.4, -0.2) is 37.5 Å². The zero-order valence-corrected chi connectivity index (χ0v) is 8.73. The van der Waals surface area contributed by atoms with Crippen molar-refractivity contribution in [2.75, 3.05) is 20.3 Å². The molecule has 1 aliphatic carbocycles. The molecule has 1 unspecified atom stereocenters. The number of methoxy groups -OCH3 is 1. The number of aliphatic hydroxyl groups is 1. The molecule has 82 valence electrons. The molecule has 0 aromatic heterocycles. The fraction of sp³-hybridized carbons (Fsp3) is 0.900. The minimum Gasteiger partial charge on any atom is -0.466 e. The van der Waals surface area contributed by atoms with E-state index in [1.165, 1.54) is 0 Å². The standard InChI is InChI=1S/C10H18O4/c1-3-14-10(12)8-6-7(8)9(11)4-5-13-2/h7-9,11H,3-6H2,1-2H3/t7-,8-,9?/m1/s1. The lowest BCUT2D eigenvalue weighted by atomic mass is 10.1. The lowest BCUT2D eigenvalue weighted by molar-refractivity contribution is -0.145. The van der Waals surface area contributed by atoms with Gasteiger partial charge in [0.25, 0.3) is 0 Å². The lowest BCUT2D eigenvalue weighted by Crippen LogP contribution is -2.17. The molecule has 0 amide bonds. The van der Waals surface area contributed by atoms with Crippen LogP contribution < -0.4 is 0 Å². The van der Waals surface area contributed by atoms with Crippen molar-refractivity contribution >= 4 is 5.97 Å². The topological polar surface area (TPSA) is 55.8 Å². The van der Waals surface area contributed by atoms with E-state index in [1.54, 1.807) is 14.0 Å². The van der Waals surface area contributed by atoms with E-state index in [2.05, 4.69) is 0 Å². The van der Waals surface area contributed by atoms with Crippen molar-refractivity contribution in [2.45, 2.75) is 25.9 Å². The van der Waals surface area contributed by atoms with Gasteiger partial charge in [-0.3, -0.25) is 4.79 Å². The van der Waals surface area contributed by atoms with Gasteiger partial charge in [-0.15, -0.1) is 0 Å². The average Bonchev–Trinajstić information content (AvgIpc) is 2.94. The quantitative estimate of drug-likeness (QED) is 0.640. The predicted molar refractivity (Wildman–Crippen MR) is 50.7 cm³/mol. The molecule has 1 aliphatic rings. The fourth-order valence-electron chi connectivity index (χ4n) is 1.61. The van der Waals surface area contributed by atoms with E-state index in [0.29, 0.717) is 19.6 Å². The van der Waals surface area contributed by atoms with Crippen LogP contribution >= 0.6 is 0 Å². The highest BCUT2D eigenvalue weighted by Gasteiger charge is 2.48. The summed E-state index contributed by atoms with van der Waals surface area (Å²) in [6.07, 6.45) is 0.921. The van der Waals surface area contributed by atoms with Crippen molar-refractivity contribution < 1.29 is 19.4 Å². The highest BCUT2D eigenvalue weighted by molar-refractivity contribution is 5.75. The van der Waals surface area contributed by atoms with Gasteiger partial charge in [0, 0.05) is 13.7 Å². The molecule has 3 atom stereocenters. The third kappa shape index (κ3) is 2.96. The van der Waals surface area contributed by atoms with Crippen LogP contribution in [0.3, 0.4) is 0 Å². The molecule has 0 heterocycles. The monoisotopic (exact) mass is 202 g/mol. The van der Waals surface area contributed by atoms with Gasteiger partial charge in [-0.2, -0.15) is 0 Å². The van der Waals surface area contributed by atoms with Crippen molar-refractivity contribution in [3.63, 3.8) is 0 Å². The minimum absolute atomic E-state index is 0.0817.